The van der Waals surface area contributed by atoms with E-state index < -0.39 is 45.2 Å². The summed E-state index contributed by atoms with van der Waals surface area (Å²) in [4.78, 5) is 61.9. The van der Waals surface area contributed by atoms with Crippen LogP contribution in [-0.4, -0.2) is 91.9 Å². The van der Waals surface area contributed by atoms with E-state index in [0.717, 1.165) is 62.2 Å². The molecule has 2 heterocycles. The van der Waals surface area contributed by atoms with Gasteiger partial charge in [0.1, 0.15) is 25.3 Å². The topological polar surface area (TPSA) is 195 Å². The molecule has 1 atom stereocenters. The van der Waals surface area contributed by atoms with Gasteiger partial charge in [0.2, 0.25) is 21.8 Å². The standard InChI is InChI=1S/C22H29N3O4.C12H16N2O6S/c26-20-12-6-2-7-15-25(16-21(27)24-13-8-3-9-14-24)22(28)29-17-19(23-20)18-10-4-1-5-11-18;1-12(2,3)20-11(15)8-13-21(18,19)10-6-4-9(5-7-10)14(16)17/h1-2,4-5,7,10-11,19H,3,6,8-9,12-17H2,(H,23,26);4-7,13H,8H2,1-3H3/b7-2+;/t19-;/m0./s1. The molecule has 16 heteroatoms. The fraction of sp³-hybridized carbons (Fsp3) is 0.471. The van der Waals surface area contributed by atoms with Gasteiger partial charge in [0.25, 0.3) is 5.69 Å². The van der Waals surface area contributed by atoms with Crippen molar-refractivity contribution in [2.24, 2.45) is 0 Å². The Bertz CT molecular complexity index is 1600. The quantitative estimate of drug-likeness (QED) is 0.175. The van der Waals surface area contributed by atoms with Crippen molar-refractivity contribution in [3.63, 3.8) is 0 Å². The summed E-state index contributed by atoms with van der Waals surface area (Å²) in [6.07, 6.45) is 7.24. The average molecular weight is 716 g/mol. The Labute approximate surface area is 292 Å². The lowest BCUT2D eigenvalue weighted by molar-refractivity contribution is -0.384. The van der Waals surface area contributed by atoms with Crippen molar-refractivity contribution in [3.05, 3.63) is 82.4 Å². The van der Waals surface area contributed by atoms with E-state index in [1.807, 2.05) is 47.4 Å². The van der Waals surface area contributed by atoms with Crippen LogP contribution in [0.1, 0.15) is 64.5 Å². The Hall–Kier alpha value is -4.83. The predicted molar refractivity (Wildman–Crippen MR) is 183 cm³/mol. The van der Waals surface area contributed by atoms with Gasteiger partial charge in [0.05, 0.1) is 15.9 Å². The van der Waals surface area contributed by atoms with E-state index in [2.05, 4.69) is 10.0 Å². The number of nitro groups is 1. The molecule has 2 N–H and O–H groups in total. The smallest absolute Gasteiger partial charge is 0.410 e. The summed E-state index contributed by atoms with van der Waals surface area (Å²) in [6, 6.07) is 13.3. The molecular weight excluding hydrogens is 670 g/mol. The molecule has 0 spiro atoms. The summed E-state index contributed by atoms with van der Waals surface area (Å²) >= 11 is 0. The maximum Gasteiger partial charge on any atom is 0.410 e. The second-order valence-corrected chi connectivity index (χ2v) is 14.4. The van der Waals surface area contributed by atoms with Crippen molar-refractivity contribution < 1.29 is 42.0 Å². The van der Waals surface area contributed by atoms with Crippen molar-refractivity contribution in [1.82, 2.24) is 19.8 Å². The van der Waals surface area contributed by atoms with Gasteiger partial charge >= 0.3 is 12.1 Å². The molecule has 0 radical (unpaired) electrons. The molecule has 0 aliphatic carbocycles. The van der Waals surface area contributed by atoms with Gasteiger partial charge < -0.3 is 19.7 Å². The van der Waals surface area contributed by atoms with E-state index in [-0.39, 0.29) is 42.1 Å². The summed E-state index contributed by atoms with van der Waals surface area (Å²) in [5.74, 6) is -0.847. The van der Waals surface area contributed by atoms with Crippen LogP contribution in [0.5, 0.6) is 0 Å². The first-order chi connectivity index (χ1) is 23.6. The number of piperidine rings is 1. The summed E-state index contributed by atoms with van der Waals surface area (Å²) in [7, 11) is -3.93. The summed E-state index contributed by atoms with van der Waals surface area (Å²) in [5.41, 5.74) is -0.0612. The summed E-state index contributed by atoms with van der Waals surface area (Å²) in [5, 5.41) is 13.4. The highest BCUT2D eigenvalue weighted by molar-refractivity contribution is 7.89. The van der Waals surface area contributed by atoms with Crippen LogP contribution >= 0.6 is 0 Å². The maximum absolute atomic E-state index is 12.7. The third-order valence-electron chi connectivity index (χ3n) is 7.42. The Kier molecular flexibility index (Phi) is 14.9. The number of sulfonamides is 1. The molecule has 2 aromatic rings. The Morgan fingerprint density at radius 2 is 1.68 bits per heavy atom. The van der Waals surface area contributed by atoms with Crippen molar-refractivity contribution in [3.8, 4) is 0 Å². The first-order valence-corrected chi connectivity index (χ1v) is 17.8. The highest BCUT2D eigenvalue weighted by atomic mass is 32.2. The van der Waals surface area contributed by atoms with Crippen LogP contribution in [0.4, 0.5) is 10.5 Å². The molecule has 50 heavy (non-hydrogen) atoms. The van der Waals surface area contributed by atoms with Gasteiger partial charge in [0.15, 0.2) is 0 Å². The molecule has 1 saturated heterocycles. The average Bonchev–Trinajstić information content (AvgIpc) is 3.08. The van der Waals surface area contributed by atoms with Crippen molar-refractivity contribution in [1.29, 1.82) is 0 Å². The van der Waals surface area contributed by atoms with E-state index in [9.17, 15) is 37.7 Å². The molecule has 3 amide bonds. The fourth-order valence-corrected chi connectivity index (χ4v) is 5.89. The van der Waals surface area contributed by atoms with Gasteiger partial charge in [0, 0.05) is 38.2 Å². The number of hydrogen-bond donors (Lipinski definition) is 2. The molecule has 272 valence electrons. The number of non-ortho nitro benzene ring substituents is 1. The number of rotatable bonds is 8. The van der Waals surface area contributed by atoms with Crippen molar-refractivity contribution in [2.45, 2.75) is 69.4 Å². The zero-order chi connectivity index (χ0) is 36.7. The molecule has 0 saturated carbocycles. The van der Waals surface area contributed by atoms with Gasteiger partial charge in [-0.15, -0.1) is 0 Å². The number of carbonyl (C=O) groups is 4. The van der Waals surface area contributed by atoms with Crippen LogP contribution in [0, 0.1) is 10.1 Å². The van der Waals surface area contributed by atoms with Gasteiger partial charge in [-0.05, 0) is 64.2 Å². The predicted octanol–water partition coefficient (Wildman–Crippen LogP) is 3.86. The number of nitro benzene ring substituents is 1. The first kappa shape index (κ1) is 39.6. The summed E-state index contributed by atoms with van der Waals surface area (Å²) < 4.78 is 36.3. The normalized spacial score (nSPS) is 18.2. The van der Waals surface area contributed by atoms with Crippen LogP contribution < -0.4 is 10.0 Å². The van der Waals surface area contributed by atoms with Crippen LogP contribution in [0.25, 0.3) is 0 Å². The minimum atomic E-state index is -3.93. The Morgan fingerprint density at radius 1 is 1.02 bits per heavy atom. The lowest BCUT2D eigenvalue weighted by atomic mass is 10.1. The molecule has 15 nitrogen and oxygen atoms in total. The number of nitrogens with one attached hydrogen (secondary N) is 2. The molecule has 2 aliphatic rings. The number of hydrogen-bond acceptors (Lipinski definition) is 10. The zero-order valence-electron chi connectivity index (χ0n) is 28.5. The number of carbonyl (C=O) groups excluding carboxylic acids is 4. The highest BCUT2D eigenvalue weighted by Crippen LogP contribution is 2.17. The number of esters is 1. The van der Waals surface area contributed by atoms with Gasteiger partial charge in [-0.3, -0.25) is 29.4 Å². The molecule has 4 rings (SSSR count). The maximum atomic E-state index is 12.7. The van der Waals surface area contributed by atoms with E-state index in [1.165, 1.54) is 4.90 Å². The van der Waals surface area contributed by atoms with E-state index >= 15 is 0 Å². The SMILES string of the molecule is CC(C)(C)OC(=O)CNS(=O)(=O)c1ccc([N+](=O)[O-])cc1.O=C1CC/C=C/CN(CC(=O)N2CCCCC2)C(=O)OC[C@@H](c2ccccc2)N1. The van der Waals surface area contributed by atoms with Gasteiger partial charge in [-0.25, -0.2) is 13.2 Å². The second kappa shape index (κ2) is 18.8. The fourth-order valence-electron chi connectivity index (χ4n) is 4.93. The number of allylic oxidation sites excluding steroid dienone is 1. The van der Waals surface area contributed by atoms with Gasteiger partial charge in [-0.1, -0.05) is 42.5 Å². The van der Waals surface area contributed by atoms with Crippen LogP contribution in [0.3, 0.4) is 0 Å². The van der Waals surface area contributed by atoms with Crippen LogP contribution in [-0.2, 0) is 33.9 Å². The Morgan fingerprint density at radius 3 is 2.30 bits per heavy atom. The number of cyclic esters (lactones) is 1. The number of ether oxygens (including phenoxy) is 2. The molecule has 2 aliphatic heterocycles. The highest BCUT2D eigenvalue weighted by Gasteiger charge is 2.25. The molecule has 1 fully saturated rings. The number of nitrogens with zero attached hydrogens (tertiary/aromatic N) is 3. The van der Waals surface area contributed by atoms with E-state index in [4.69, 9.17) is 9.47 Å². The van der Waals surface area contributed by atoms with Crippen LogP contribution in [0.2, 0.25) is 0 Å². The second-order valence-electron chi connectivity index (χ2n) is 12.6. The van der Waals surface area contributed by atoms with E-state index in [0.29, 0.717) is 12.8 Å². The molecule has 2 aromatic carbocycles. The summed E-state index contributed by atoms with van der Waals surface area (Å²) in [6.45, 7) is 6.28. The monoisotopic (exact) mass is 715 g/mol. The first-order valence-electron chi connectivity index (χ1n) is 16.3. The van der Waals surface area contributed by atoms with Gasteiger partial charge in [-0.2, -0.15) is 4.72 Å². The zero-order valence-corrected chi connectivity index (χ0v) is 29.4. The lowest BCUT2D eigenvalue weighted by Gasteiger charge is -2.30. The van der Waals surface area contributed by atoms with E-state index in [1.54, 1.807) is 20.8 Å². The third kappa shape index (κ3) is 13.6. The molecule has 0 bridgehead atoms. The lowest BCUT2D eigenvalue weighted by Crippen LogP contribution is -2.45. The Balaban J connectivity index is 0.000000286. The minimum absolute atomic E-state index is 0.00549. The third-order valence-corrected chi connectivity index (χ3v) is 8.84. The van der Waals surface area contributed by atoms with Crippen molar-refractivity contribution in [2.75, 3.05) is 39.3 Å². The van der Waals surface area contributed by atoms with Crippen molar-refractivity contribution >= 4 is 39.6 Å². The minimum Gasteiger partial charge on any atom is -0.459 e. The molecular formula is C34H45N5O10S. The molecule has 0 unspecified atom stereocenters. The number of benzene rings is 2. The van der Waals surface area contributed by atoms with Crippen LogP contribution in [0.15, 0.2) is 71.6 Å². The number of amides is 3. The largest absolute Gasteiger partial charge is 0.459 e. The molecule has 0 aromatic heterocycles. The number of likely N-dealkylation sites (tertiary alicyclic amines) is 1.